The molecule has 0 bridgehead atoms. The van der Waals surface area contributed by atoms with Gasteiger partial charge in [0.25, 0.3) is 0 Å². The molecule has 1 aliphatic carbocycles. The van der Waals surface area contributed by atoms with Gasteiger partial charge in [-0.25, -0.2) is 0 Å². The van der Waals surface area contributed by atoms with Crippen LogP contribution in [-0.4, -0.2) is 35.2 Å². The highest BCUT2D eigenvalue weighted by Gasteiger charge is 2.19. The van der Waals surface area contributed by atoms with Crippen LogP contribution < -0.4 is 5.73 Å². The van der Waals surface area contributed by atoms with Crippen molar-refractivity contribution in [1.82, 2.24) is 4.90 Å². The van der Waals surface area contributed by atoms with Crippen molar-refractivity contribution < 1.29 is 5.11 Å². The molecule has 1 saturated heterocycles. The third-order valence-electron chi connectivity index (χ3n) is 4.42. The first-order valence-electron chi connectivity index (χ1n) is 7.47. The lowest BCUT2D eigenvalue weighted by atomic mass is 9.87. The summed E-state index contributed by atoms with van der Waals surface area (Å²) in [7, 11) is 0. The average Bonchev–Trinajstić information content (AvgIpc) is 2.39. The van der Waals surface area contributed by atoms with E-state index in [4.69, 9.17) is 5.73 Å². The van der Waals surface area contributed by atoms with Gasteiger partial charge >= 0.3 is 0 Å². The Hall–Kier alpha value is -0.900. The van der Waals surface area contributed by atoms with Crippen molar-refractivity contribution in [3.8, 4) is 0 Å². The van der Waals surface area contributed by atoms with Crippen molar-refractivity contribution >= 4 is 0 Å². The Labute approximate surface area is 115 Å². The molecule has 104 valence electrons. The molecule has 2 atom stereocenters. The second-order valence-electron chi connectivity index (χ2n) is 6.14. The molecule has 3 N–H and O–H groups in total. The zero-order valence-electron chi connectivity index (χ0n) is 11.5. The molecule has 0 spiro atoms. The summed E-state index contributed by atoms with van der Waals surface area (Å²) in [5, 5.41) is 9.72. The fourth-order valence-corrected chi connectivity index (χ4v) is 3.37. The largest absolute Gasteiger partial charge is 0.392 e. The molecule has 1 aliphatic heterocycles. The van der Waals surface area contributed by atoms with E-state index in [0.29, 0.717) is 6.04 Å². The van der Waals surface area contributed by atoms with Crippen molar-refractivity contribution in [3.05, 3.63) is 34.9 Å². The second-order valence-corrected chi connectivity index (χ2v) is 6.14. The topological polar surface area (TPSA) is 49.5 Å². The Morgan fingerprint density at radius 2 is 2.16 bits per heavy atom. The van der Waals surface area contributed by atoms with Crippen molar-refractivity contribution in [1.29, 1.82) is 0 Å². The van der Waals surface area contributed by atoms with E-state index in [9.17, 15) is 5.11 Å². The standard InChI is InChI=1S/C16H24N2O/c17-15-6-5-13-8-12(3-4-14(13)9-15)10-18-7-1-2-16(19)11-18/h3-4,8,15-16,19H,1-2,5-7,9-11,17H2. The van der Waals surface area contributed by atoms with Gasteiger partial charge in [0.05, 0.1) is 6.10 Å². The second kappa shape index (κ2) is 5.61. The van der Waals surface area contributed by atoms with Crippen LogP contribution in [-0.2, 0) is 19.4 Å². The van der Waals surface area contributed by atoms with Gasteiger partial charge in [-0.05, 0) is 55.3 Å². The number of aliphatic hydroxyl groups is 1. The lowest BCUT2D eigenvalue weighted by molar-refractivity contribution is 0.0668. The molecule has 19 heavy (non-hydrogen) atoms. The molecule has 1 aromatic rings. The van der Waals surface area contributed by atoms with Gasteiger partial charge in [0, 0.05) is 19.1 Å². The average molecular weight is 260 g/mol. The monoisotopic (exact) mass is 260 g/mol. The summed E-state index contributed by atoms with van der Waals surface area (Å²) in [6, 6.07) is 7.18. The van der Waals surface area contributed by atoms with E-state index in [1.165, 1.54) is 16.7 Å². The number of benzene rings is 1. The fraction of sp³-hybridized carbons (Fsp3) is 0.625. The van der Waals surface area contributed by atoms with E-state index in [2.05, 4.69) is 23.1 Å². The number of piperidine rings is 1. The van der Waals surface area contributed by atoms with Gasteiger partial charge in [-0.3, -0.25) is 4.90 Å². The lowest BCUT2D eigenvalue weighted by Crippen LogP contribution is -2.37. The zero-order chi connectivity index (χ0) is 13.2. The van der Waals surface area contributed by atoms with Gasteiger partial charge in [0.15, 0.2) is 0 Å². The molecule has 0 aromatic heterocycles. The summed E-state index contributed by atoms with van der Waals surface area (Å²) in [5.41, 5.74) is 10.3. The lowest BCUT2D eigenvalue weighted by Gasteiger charge is -2.30. The van der Waals surface area contributed by atoms with E-state index in [1.807, 2.05) is 0 Å². The van der Waals surface area contributed by atoms with Crippen LogP contribution in [0.2, 0.25) is 0 Å². The van der Waals surface area contributed by atoms with Gasteiger partial charge in [0.2, 0.25) is 0 Å². The van der Waals surface area contributed by atoms with Crippen molar-refractivity contribution in [2.45, 2.75) is 50.8 Å². The smallest absolute Gasteiger partial charge is 0.0667 e. The van der Waals surface area contributed by atoms with Crippen LogP contribution in [0.4, 0.5) is 0 Å². The highest BCUT2D eigenvalue weighted by Crippen LogP contribution is 2.23. The molecule has 2 aliphatic rings. The van der Waals surface area contributed by atoms with E-state index < -0.39 is 0 Å². The van der Waals surface area contributed by atoms with Crippen LogP contribution >= 0.6 is 0 Å². The maximum Gasteiger partial charge on any atom is 0.0667 e. The summed E-state index contributed by atoms with van der Waals surface area (Å²) in [4.78, 5) is 2.37. The van der Waals surface area contributed by atoms with Crippen LogP contribution in [0.1, 0.15) is 36.0 Å². The van der Waals surface area contributed by atoms with Crippen LogP contribution in [0.5, 0.6) is 0 Å². The predicted octanol–water partition coefficient (Wildman–Crippen LogP) is 1.46. The van der Waals surface area contributed by atoms with Crippen molar-refractivity contribution in [2.24, 2.45) is 5.73 Å². The SMILES string of the molecule is NC1CCc2cc(CN3CCCC(O)C3)ccc2C1. The highest BCUT2D eigenvalue weighted by atomic mass is 16.3. The number of hydrogen-bond donors (Lipinski definition) is 2. The highest BCUT2D eigenvalue weighted by molar-refractivity contribution is 5.34. The van der Waals surface area contributed by atoms with E-state index in [1.54, 1.807) is 0 Å². The number of nitrogens with two attached hydrogens (primary N) is 1. The van der Waals surface area contributed by atoms with Crippen LogP contribution in [0, 0.1) is 0 Å². The summed E-state index contributed by atoms with van der Waals surface area (Å²) in [5.74, 6) is 0. The first kappa shape index (κ1) is 13.1. The van der Waals surface area contributed by atoms with Crippen molar-refractivity contribution in [3.63, 3.8) is 0 Å². The first-order valence-corrected chi connectivity index (χ1v) is 7.47. The maximum absolute atomic E-state index is 9.72. The maximum atomic E-state index is 9.72. The molecular formula is C16H24N2O. The molecule has 1 aromatic carbocycles. The minimum absolute atomic E-state index is 0.135. The number of β-amino-alcohol motifs (C(OH)–C–C–N with tert-alkyl or cyclic N) is 1. The number of rotatable bonds is 2. The number of likely N-dealkylation sites (tertiary alicyclic amines) is 1. The number of nitrogens with zero attached hydrogens (tertiary/aromatic N) is 1. The number of aliphatic hydroxyl groups excluding tert-OH is 1. The predicted molar refractivity (Wildman–Crippen MR) is 77.0 cm³/mol. The molecule has 0 amide bonds. The molecule has 1 fully saturated rings. The zero-order valence-corrected chi connectivity index (χ0v) is 11.5. The normalized spacial score (nSPS) is 28.1. The molecule has 0 saturated carbocycles. The van der Waals surface area contributed by atoms with Crippen LogP contribution in [0.25, 0.3) is 0 Å². The first-order chi connectivity index (χ1) is 9.20. The Balaban J connectivity index is 1.68. The molecule has 0 radical (unpaired) electrons. The van der Waals surface area contributed by atoms with E-state index in [0.717, 1.165) is 51.7 Å². The van der Waals surface area contributed by atoms with Gasteiger partial charge in [-0.15, -0.1) is 0 Å². The number of fused-ring (bicyclic) bond motifs is 1. The molecular weight excluding hydrogens is 236 g/mol. The van der Waals surface area contributed by atoms with Crippen LogP contribution in [0.3, 0.4) is 0 Å². The molecule has 2 unspecified atom stereocenters. The Bertz CT molecular complexity index is 446. The minimum atomic E-state index is -0.135. The molecule has 3 nitrogen and oxygen atoms in total. The summed E-state index contributed by atoms with van der Waals surface area (Å²) in [6.45, 7) is 2.90. The third-order valence-corrected chi connectivity index (χ3v) is 4.42. The minimum Gasteiger partial charge on any atom is -0.392 e. The van der Waals surface area contributed by atoms with Gasteiger partial charge in [-0.1, -0.05) is 18.2 Å². The van der Waals surface area contributed by atoms with Crippen LogP contribution in [0.15, 0.2) is 18.2 Å². The van der Waals surface area contributed by atoms with Gasteiger partial charge < -0.3 is 10.8 Å². The van der Waals surface area contributed by atoms with Gasteiger partial charge in [0.1, 0.15) is 0 Å². The van der Waals surface area contributed by atoms with E-state index >= 15 is 0 Å². The quantitative estimate of drug-likeness (QED) is 0.846. The summed E-state index contributed by atoms with van der Waals surface area (Å²) >= 11 is 0. The van der Waals surface area contributed by atoms with Gasteiger partial charge in [-0.2, -0.15) is 0 Å². The fourth-order valence-electron chi connectivity index (χ4n) is 3.37. The molecule has 3 heteroatoms. The molecule has 1 heterocycles. The summed E-state index contributed by atoms with van der Waals surface area (Å²) in [6.07, 6.45) is 5.19. The third kappa shape index (κ3) is 3.16. The van der Waals surface area contributed by atoms with E-state index in [-0.39, 0.29) is 6.10 Å². The Morgan fingerprint density at radius 1 is 1.26 bits per heavy atom. The number of aryl methyl sites for hydroxylation is 1. The Morgan fingerprint density at radius 3 is 3.00 bits per heavy atom. The Kier molecular flexibility index (Phi) is 3.87. The molecule has 3 rings (SSSR count). The number of hydrogen-bond acceptors (Lipinski definition) is 3. The van der Waals surface area contributed by atoms with Crippen molar-refractivity contribution in [2.75, 3.05) is 13.1 Å². The summed E-state index contributed by atoms with van der Waals surface area (Å²) < 4.78 is 0.